The topological polar surface area (TPSA) is 85.7 Å². The first-order chi connectivity index (χ1) is 11.8. The molecule has 0 saturated carbocycles. The molecule has 2 aliphatic rings. The molecular weight excluding hydrogens is 344 g/mol. The summed E-state index contributed by atoms with van der Waals surface area (Å²) in [7, 11) is -1.84. The lowest BCUT2D eigenvalue weighted by molar-refractivity contribution is 0.0713. The number of para-hydroxylation sites is 1. The van der Waals surface area contributed by atoms with Crippen molar-refractivity contribution in [2.45, 2.75) is 25.0 Å². The molecule has 1 aromatic heterocycles. The smallest absolute Gasteiger partial charge is 0.271 e. The fourth-order valence-corrected chi connectivity index (χ4v) is 4.64. The van der Waals surface area contributed by atoms with Gasteiger partial charge in [-0.15, -0.1) is 0 Å². The second-order valence-electron chi connectivity index (χ2n) is 6.70. The summed E-state index contributed by atoms with van der Waals surface area (Å²) in [5, 5.41) is 0.781. The van der Waals surface area contributed by atoms with E-state index in [0.717, 1.165) is 17.2 Å². The highest BCUT2D eigenvalue weighted by Gasteiger charge is 2.44. The van der Waals surface area contributed by atoms with Crippen molar-refractivity contribution in [1.29, 1.82) is 0 Å². The van der Waals surface area contributed by atoms with Crippen LogP contribution in [0.2, 0.25) is 0 Å². The van der Waals surface area contributed by atoms with Gasteiger partial charge in [0.25, 0.3) is 16.0 Å². The third-order valence-electron chi connectivity index (χ3n) is 4.96. The highest BCUT2D eigenvalue weighted by Crippen LogP contribution is 2.35. The minimum absolute atomic E-state index is 0.0901. The Morgan fingerprint density at radius 1 is 1.20 bits per heavy atom. The van der Waals surface area contributed by atoms with Crippen LogP contribution in [0.1, 0.15) is 33.7 Å². The molecule has 2 aliphatic heterocycles. The van der Waals surface area contributed by atoms with Crippen molar-refractivity contribution in [2.24, 2.45) is 7.05 Å². The molecule has 8 heteroatoms. The van der Waals surface area contributed by atoms with E-state index in [4.69, 9.17) is 4.18 Å². The van der Waals surface area contributed by atoms with Crippen LogP contribution in [0.3, 0.4) is 0 Å². The molecule has 1 aromatic carbocycles. The van der Waals surface area contributed by atoms with Gasteiger partial charge < -0.3 is 9.47 Å². The highest BCUT2D eigenvalue weighted by molar-refractivity contribution is 7.86. The number of rotatable bonds is 2. The quantitative estimate of drug-likeness (QED) is 0.752. The van der Waals surface area contributed by atoms with Crippen LogP contribution >= 0.6 is 0 Å². The van der Waals surface area contributed by atoms with Crippen molar-refractivity contribution < 1.29 is 22.2 Å². The maximum atomic E-state index is 13.1. The Morgan fingerprint density at radius 2 is 1.92 bits per heavy atom. The summed E-state index contributed by atoms with van der Waals surface area (Å²) in [6.07, 6.45) is 0.909. The van der Waals surface area contributed by atoms with Gasteiger partial charge in [0.15, 0.2) is 5.78 Å². The van der Waals surface area contributed by atoms with E-state index in [0.29, 0.717) is 17.7 Å². The zero-order valence-electron chi connectivity index (χ0n) is 13.9. The summed E-state index contributed by atoms with van der Waals surface area (Å²) in [5.41, 5.74) is 1.67. The molecule has 2 unspecified atom stereocenters. The Morgan fingerprint density at radius 3 is 2.64 bits per heavy atom. The molecule has 7 nitrogen and oxygen atoms in total. The van der Waals surface area contributed by atoms with E-state index in [1.807, 2.05) is 24.3 Å². The molecule has 0 bridgehead atoms. The Hall–Kier alpha value is -2.19. The summed E-state index contributed by atoms with van der Waals surface area (Å²) in [4.78, 5) is 27.6. The number of hydrogen-bond donors (Lipinski definition) is 0. The van der Waals surface area contributed by atoms with Gasteiger partial charge >= 0.3 is 0 Å². The van der Waals surface area contributed by atoms with E-state index in [1.165, 1.54) is 0 Å². The van der Waals surface area contributed by atoms with E-state index >= 15 is 0 Å². The van der Waals surface area contributed by atoms with Gasteiger partial charge in [0.1, 0.15) is 5.69 Å². The molecule has 0 N–H and O–H groups in total. The zero-order valence-corrected chi connectivity index (χ0v) is 14.7. The average molecular weight is 362 g/mol. The first-order valence-corrected chi connectivity index (χ1v) is 9.88. The SMILES string of the molecule is Cn1c2c(c3ccccc31)C(=O)CC1CC(OS(C)(=O)=O)CN1C2=O. The predicted octanol–water partition coefficient (Wildman–Crippen LogP) is 1.32. The largest absolute Gasteiger partial charge is 0.339 e. The first-order valence-electron chi connectivity index (χ1n) is 8.06. The number of benzene rings is 1. The molecule has 1 saturated heterocycles. The lowest BCUT2D eigenvalue weighted by Gasteiger charge is -2.21. The Kier molecular flexibility index (Phi) is 3.52. The second kappa shape index (κ2) is 5.40. The van der Waals surface area contributed by atoms with Gasteiger partial charge in [0, 0.05) is 37.0 Å². The molecule has 3 heterocycles. The minimum Gasteiger partial charge on any atom is -0.339 e. The van der Waals surface area contributed by atoms with Crippen molar-refractivity contribution in [3.05, 3.63) is 35.5 Å². The summed E-state index contributed by atoms with van der Waals surface area (Å²) in [5.74, 6) is -0.336. The Bertz CT molecular complexity index is 1010. The lowest BCUT2D eigenvalue weighted by Crippen LogP contribution is -2.36. The third-order valence-corrected chi connectivity index (χ3v) is 5.58. The minimum atomic E-state index is -3.61. The summed E-state index contributed by atoms with van der Waals surface area (Å²) in [6, 6.07) is 7.11. The maximum absolute atomic E-state index is 13.1. The standard InChI is InChI=1S/C17H18N2O5S/c1-18-13-6-4-3-5-12(13)15-14(20)8-10-7-11(24-25(2,22)23)9-19(10)17(21)16(15)18/h3-6,10-11H,7-9H2,1-2H3. The third kappa shape index (κ3) is 2.56. The van der Waals surface area contributed by atoms with Gasteiger partial charge in [-0.25, -0.2) is 0 Å². The number of ketones is 1. The number of aryl methyl sites for hydroxylation is 1. The molecule has 1 amide bonds. The molecule has 1 fully saturated rings. The van der Waals surface area contributed by atoms with Crippen molar-refractivity contribution in [3.63, 3.8) is 0 Å². The van der Waals surface area contributed by atoms with Crippen LogP contribution in [0, 0.1) is 0 Å². The summed E-state index contributed by atoms with van der Waals surface area (Å²) >= 11 is 0. The van der Waals surface area contributed by atoms with E-state index in [1.54, 1.807) is 16.5 Å². The lowest BCUT2D eigenvalue weighted by atomic mass is 10.0. The van der Waals surface area contributed by atoms with Crippen LogP contribution < -0.4 is 0 Å². The number of carbonyl (C=O) groups is 2. The number of amides is 1. The van der Waals surface area contributed by atoms with Gasteiger partial charge in [-0.1, -0.05) is 18.2 Å². The van der Waals surface area contributed by atoms with E-state index in [2.05, 4.69) is 0 Å². The number of nitrogens with zero attached hydrogens (tertiary/aromatic N) is 2. The van der Waals surface area contributed by atoms with Gasteiger partial charge in [0.2, 0.25) is 0 Å². The monoisotopic (exact) mass is 362 g/mol. The van der Waals surface area contributed by atoms with Crippen LogP contribution in [-0.4, -0.2) is 54.5 Å². The van der Waals surface area contributed by atoms with E-state index < -0.39 is 16.2 Å². The van der Waals surface area contributed by atoms with E-state index in [9.17, 15) is 18.0 Å². The number of Topliss-reactive ketones (excluding diaryl/α,β-unsaturated/α-hetero) is 1. The van der Waals surface area contributed by atoms with E-state index in [-0.39, 0.29) is 30.7 Å². The highest BCUT2D eigenvalue weighted by atomic mass is 32.2. The average Bonchev–Trinajstić information content (AvgIpc) is 3.01. The predicted molar refractivity (Wildman–Crippen MR) is 91.0 cm³/mol. The number of hydrogen-bond acceptors (Lipinski definition) is 5. The van der Waals surface area contributed by atoms with Crippen molar-refractivity contribution in [3.8, 4) is 0 Å². The summed E-state index contributed by atoms with van der Waals surface area (Å²) in [6.45, 7) is 0.171. The first kappa shape index (κ1) is 16.3. The number of aromatic nitrogens is 1. The second-order valence-corrected chi connectivity index (χ2v) is 8.30. The molecule has 132 valence electrons. The molecule has 2 atom stereocenters. The van der Waals surface area contributed by atoms with Crippen LogP contribution in [0.4, 0.5) is 0 Å². The molecular formula is C17H18N2O5S. The van der Waals surface area contributed by atoms with Crippen LogP contribution in [0.25, 0.3) is 10.9 Å². The van der Waals surface area contributed by atoms with Crippen molar-refractivity contribution in [1.82, 2.24) is 9.47 Å². The fraction of sp³-hybridized carbons (Fsp3) is 0.412. The molecule has 0 spiro atoms. The van der Waals surface area contributed by atoms with Gasteiger partial charge in [0.05, 0.1) is 17.9 Å². The zero-order chi connectivity index (χ0) is 17.9. The Balaban J connectivity index is 1.79. The van der Waals surface area contributed by atoms with Gasteiger partial charge in [-0.2, -0.15) is 8.42 Å². The fourth-order valence-electron chi connectivity index (χ4n) is 4.01. The van der Waals surface area contributed by atoms with Gasteiger partial charge in [-0.3, -0.25) is 13.8 Å². The summed E-state index contributed by atoms with van der Waals surface area (Å²) < 4.78 is 29.6. The normalized spacial score (nSPS) is 23.7. The van der Waals surface area contributed by atoms with Gasteiger partial charge in [-0.05, 0) is 12.5 Å². The maximum Gasteiger partial charge on any atom is 0.271 e. The molecule has 25 heavy (non-hydrogen) atoms. The van der Waals surface area contributed by atoms with Crippen LogP contribution in [0.15, 0.2) is 24.3 Å². The Labute approximate surface area is 145 Å². The molecule has 0 aliphatic carbocycles. The number of carbonyl (C=O) groups excluding carboxylic acids is 2. The molecule has 2 aromatic rings. The molecule has 0 radical (unpaired) electrons. The molecule has 4 rings (SSSR count). The van der Waals surface area contributed by atoms with Crippen LogP contribution in [-0.2, 0) is 21.3 Å². The van der Waals surface area contributed by atoms with Crippen molar-refractivity contribution >= 4 is 32.7 Å². The van der Waals surface area contributed by atoms with Crippen molar-refractivity contribution in [2.75, 3.05) is 12.8 Å². The van der Waals surface area contributed by atoms with Crippen LogP contribution in [0.5, 0.6) is 0 Å². The number of fused-ring (bicyclic) bond motifs is 4.